The Morgan fingerprint density at radius 2 is 1.12 bits per heavy atom. The molecule has 0 heterocycles. The van der Waals surface area contributed by atoms with Crippen LogP contribution in [0.3, 0.4) is 0 Å². The molecule has 0 amide bonds. The molecule has 0 aromatic heterocycles. The average Bonchev–Trinajstić information content (AvgIpc) is 2.80. The zero-order valence-electron chi connectivity index (χ0n) is 19.0. The first kappa shape index (κ1) is 23.5. The van der Waals surface area contributed by atoms with E-state index in [0.717, 1.165) is 36.8 Å². The van der Waals surface area contributed by atoms with Gasteiger partial charge in [-0.15, -0.1) is 0 Å². The van der Waals surface area contributed by atoms with Crippen molar-refractivity contribution >= 4 is 22.7 Å². The highest BCUT2D eigenvalue weighted by Gasteiger charge is 2.20. The van der Waals surface area contributed by atoms with Crippen molar-refractivity contribution in [1.29, 1.82) is 0 Å². The van der Waals surface area contributed by atoms with Crippen LogP contribution in [0.2, 0.25) is 0 Å². The van der Waals surface area contributed by atoms with Crippen LogP contribution in [0.25, 0.3) is 10.8 Å². The van der Waals surface area contributed by atoms with Gasteiger partial charge in [0.15, 0.2) is 0 Å². The highest BCUT2D eigenvalue weighted by molar-refractivity contribution is 6.02. The SMILES string of the molecule is CCCc1ccc(CCC)c2ccccc12.O=C(O)c1cc2c(cc1C(=O)O)CCCC2. The van der Waals surface area contributed by atoms with Gasteiger partial charge in [-0.3, -0.25) is 0 Å². The van der Waals surface area contributed by atoms with Crippen LogP contribution < -0.4 is 0 Å². The van der Waals surface area contributed by atoms with E-state index in [1.165, 1.54) is 59.7 Å². The Morgan fingerprint density at radius 3 is 1.47 bits per heavy atom. The average molecular weight is 433 g/mol. The van der Waals surface area contributed by atoms with Crippen molar-refractivity contribution in [2.75, 3.05) is 0 Å². The van der Waals surface area contributed by atoms with Crippen molar-refractivity contribution in [3.8, 4) is 0 Å². The Morgan fingerprint density at radius 1 is 0.719 bits per heavy atom. The minimum absolute atomic E-state index is 0.104. The van der Waals surface area contributed by atoms with E-state index in [9.17, 15) is 9.59 Å². The lowest BCUT2D eigenvalue weighted by Gasteiger charge is -2.17. The Bertz CT molecular complexity index is 1030. The number of carbonyl (C=O) groups is 2. The number of fused-ring (bicyclic) bond motifs is 2. The van der Waals surface area contributed by atoms with Crippen molar-refractivity contribution in [1.82, 2.24) is 0 Å². The zero-order valence-corrected chi connectivity index (χ0v) is 19.0. The molecule has 0 radical (unpaired) electrons. The van der Waals surface area contributed by atoms with Gasteiger partial charge in [0.2, 0.25) is 0 Å². The summed E-state index contributed by atoms with van der Waals surface area (Å²) in [4.78, 5) is 21.9. The first-order valence-electron chi connectivity index (χ1n) is 11.6. The van der Waals surface area contributed by atoms with Crippen LogP contribution in [-0.2, 0) is 25.7 Å². The Hall–Kier alpha value is -3.14. The van der Waals surface area contributed by atoms with E-state index in [0.29, 0.717) is 0 Å². The van der Waals surface area contributed by atoms with Gasteiger partial charge in [0.05, 0.1) is 11.1 Å². The van der Waals surface area contributed by atoms with Crippen molar-refractivity contribution < 1.29 is 19.8 Å². The summed E-state index contributed by atoms with van der Waals surface area (Å²) >= 11 is 0. The quantitative estimate of drug-likeness (QED) is 0.454. The Kier molecular flexibility index (Phi) is 8.04. The maximum Gasteiger partial charge on any atom is 0.336 e. The molecule has 0 saturated carbocycles. The van der Waals surface area contributed by atoms with Gasteiger partial charge in [-0.1, -0.05) is 63.1 Å². The molecule has 3 aromatic rings. The predicted octanol–water partition coefficient (Wildman–Crippen LogP) is 6.71. The van der Waals surface area contributed by atoms with Gasteiger partial charge >= 0.3 is 11.9 Å². The second kappa shape index (κ2) is 10.9. The topological polar surface area (TPSA) is 74.6 Å². The number of carboxylic acids is 2. The first-order valence-corrected chi connectivity index (χ1v) is 11.6. The Labute approximate surface area is 189 Å². The van der Waals surface area contributed by atoms with E-state index in [-0.39, 0.29) is 11.1 Å². The summed E-state index contributed by atoms with van der Waals surface area (Å²) in [6.07, 6.45) is 8.58. The standard InChI is InChI=1S/C16H20.C12H12O4/c1-3-7-13-11-12-14(8-4-2)16-10-6-5-9-15(13)16;13-11(14)9-5-7-3-1-2-4-8(7)6-10(9)12(15)16/h5-6,9-12H,3-4,7-8H2,1-2H3;5-6H,1-4H2,(H,13,14)(H,15,16). The normalized spacial score (nSPS) is 12.6. The monoisotopic (exact) mass is 432 g/mol. The molecule has 0 aliphatic heterocycles. The molecule has 32 heavy (non-hydrogen) atoms. The molecule has 4 heteroatoms. The Balaban J connectivity index is 0.000000181. The summed E-state index contributed by atoms with van der Waals surface area (Å²) in [5, 5.41) is 20.8. The molecule has 168 valence electrons. The molecule has 4 nitrogen and oxygen atoms in total. The van der Waals surface area contributed by atoms with Crippen molar-refractivity contribution in [2.45, 2.75) is 65.2 Å². The van der Waals surface area contributed by atoms with Gasteiger partial charge in [-0.2, -0.15) is 0 Å². The lowest BCUT2D eigenvalue weighted by molar-refractivity contribution is 0.0651. The molecule has 0 fully saturated rings. The molecular formula is C28H32O4. The lowest BCUT2D eigenvalue weighted by Crippen LogP contribution is -2.12. The second-order valence-corrected chi connectivity index (χ2v) is 8.41. The third-order valence-electron chi connectivity index (χ3n) is 6.09. The molecule has 0 unspecified atom stereocenters. The van der Waals surface area contributed by atoms with E-state index in [1.54, 1.807) is 0 Å². The molecular weight excluding hydrogens is 400 g/mol. The van der Waals surface area contributed by atoms with E-state index < -0.39 is 11.9 Å². The van der Waals surface area contributed by atoms with Crippen molar-refractivity contribution in [3.63, 3.8) is 0 Å². The van der Waals surface area contributed by atoms with Crippen LogP contribution in [0, 0.1) is 0 Å². The van der Waals surface area contributed by atoms with Crippen LogP contribution in [0.15, 0.2) is 48.5 Å². The smallest absolute Gasteiger partial charge is 0.336 e. The maximum atomic E-state index is 10.9. The van der Waals surface area contributed by atoms with Crippen LogP contribution >= 0.6 is 0 Å². The minimum atomic E-state index is -1.18. The van der Waals surface area contributed by atoms with E-state index >= 15 is 0 Å². The van der Waals surface area contributed by atoms with Gasteiger partial charge < -0.3 is 10.2 Å². The minimum Gasteiger partial charge on any atom is -0.478 e. The summed E-state index contributed by atoms with van der Waals surface area (Å²) in [6, 6.07) is 16.5. The summed E-state index contributed by atoms with van der Waals surface area (Å²) in [5.74, 6) is -2.35. The number of hydrogen-bond acceptors (Lipinski definition) is 2. The fourth-order valence-corrected chi connectivity index (χ4v) is 4.54. The van der Waals surface area contributed by atoms with Crippen molar-refractivity contribution in [3.05, 3.63) is 81.9 Å². The number of hydrogen-bond donors (Lipinski definition) is 2. The van der Waals surface area contributed by atoms with Gasteiger partial charge in [0.25, 0.3) is 0 Å². The summed E-state index contributed by atoms with van der Waals surface area (Å²) in [7, 11) is 0. The van der Waals surface area contributed by atoms with Crippen LogP contribution in [0.1, 0.15) is 82.5 Å². The summed E-state index contributed by atoms with van der Waals surface area (Å²) in [6.45, 7) is 4.49. The van der Waals surface area contributed by atoms with E-state index in [2.05, 4.69) is 50.2 Å². The zero-order chi connectivity index (χ0) is 23.1. The molecule has 4 rings (SSSR count). The van der Waals surface area contributed by atoms with Crippen LogP contribution in [-0.4, -0.2) is 22.2 Å². The fraction of sp³-hybridized carbons (Fsp3) is 0.357. The third kappa shape index (κ3) is 5.37. The summed E-state index contributed by atoms with van der Waals surface area (Å²) < 4.78 is 0. The number of benzene rings is 3. The van der Waals surface area contributed by atoms with Crippen LogP contribution in [0.4, 0.5) is 0 Å². The molecule has 1 aliphatic rings. The number of carboxylic acid groups (broad SMARTS) is 2. The highest BCUT2D eigenvalue weighted by atomic mass is 16.4. The number of rotatable bonds is 6. The van der Waals surface area contributed by atoms with Gasteiger partial charge in [-0.25, -0.2) is 9.59 Å². The molecule has 0 atom stereocenters. The largest absolute Gasteiger partial charge is 0.478 e. The van der Waals surface area contributed by atoms with Gasteiger partial charge in [0.1, 0.15) is 0 Å². The molecule has 0 spiro atoms. The van der Waals surface area contributed by atoms with E-state index in [1.807, 2.05) is 0 Å². The fourth-order valence-electron chi connectivity index (χ4n) is 4.54. The molecule has 2 N–H and O–H groups in total. The lowest BCUT2D eigenvalue weighted by atomic mass is 9.88. The molecule has 0 bridgehead atoms. The maximum absolute atomic E-state index is 10.9. The first-order chi connectivity index (χ1) is 15.5. The van der Waals surface area contributed by atoms with E-state index in [4.69, 9.17) is 10.2 Å². The molecule has 1 aliphatic carbocycles. The van der Waals surface area contributed by atoms with Crippen LogP contribution in [0.5, 0.6) is 0 Å². The number of aromatic carboxylic acids is 2. The predicted molar refractivity (Wildman–Crippen MR) is 129 cm³/mol. The number of aryl methyl sites for hydroxylation is 4. The highest BCUT2D eigenvalue weighted by Crippen LogP contribution is 2.26. The second-order valence-electron chi connectivity index (χ2n) is 8.41. The van der Waals surface area contributed by atoms with Gasteiger partial charge in [-0.05, 0) is 83.7 Å². The summed E-state index contributed by atoms with van der Waals surface area (Å²) in [5.41, 5.74) is 4.75. The molecule has 0 saturated heterocycles. The third-order valence-corrected chi connectivity index (χ3v) is 6.09. The van der Waals surface area contributed by atoms with Gasteiger partial charge in [0, 0.05) is 0 Å². The molecule has 3 aromatic carbocycles. The van der Waals surface area contributed by atoms with Crippen molar-refractivity contribution in [2.24, 2.45) is 0 Å².